The van der Waals surface area contributed by atoms with Gasteiger partial charge in [0.15, 0.2) is 0 Å². The highest BCUT2D eigenvalue weighted by Gasteiger charge is 2.13. The Morgan fingerprint density at radius 3 is 2.25 bits per heavy atom. The van der Waals surface area contributed by atoms with Gasteiger partial charge in [0.25, 0.3) is 0 Å². The molecule has 1 aliphatic rings. The van der Waals surface area contributed by atoms with E-state index in [0.29, 0.717) is 11.8 Å². The Morgan fingerprint density at radius 1 is 1.17 bits per heavy atom. The quantitative estimate of drug-likeness (QED) is 0.663. The average molecular weight is 165 g/mol. The van der Waals surface area contributed by atoms with Crippen molar-refractivity contribution in [3.63, 3.8) is 0 Å². The van der Waals surface area contributed by atoms with E-state index in [1.54, 1.807) is 5.57 Å². The molecule has 1 nitrogen and oxygen atoms in total. The minimum Gasteiger partial charge on any atom is -0.365 e. The van der Waals surface area contributed by atoms with Crippen molar-refractivity contribution in [2.45, 2.75) is 34.1 Å². The molecular formula is C11H19N. The maximum atomic E-state index is 3.35. The molecule has 1 heterocycles. The Balaban J connectivity index is 2.85. The fraction of sp³-hybridized carbons (Fsp3) is 0.636. The van der Waals surface area contributed by atoms with E-state index in [4.69, 9.17) is 0 Å². The molecule has 1 N–H and O–H groups in total. The fourth-order valence-electron chi connectivity index (χ4n) is 1.62. The summed E-state index contributed by atoms with van der Waals surface area (Å²) < 4.78 is 0. The zero-order chi connectivity index (χ0) is 9.14. The van der Waals surface area contributed by atoms with E-state index < -0.39 is 0 Å². The molecule has 0 amide bonds. The fourth-order valence-corrected chi connectivity index (χ4v) is 1.62. The molecule has 1 rings (SSSR count). The SMILES string of the molecule is CC(C)C1=C(C(C)C)NC=CC1. The second-order valence-electron chi connectivity index (χ2n) is 4.00. The van der Waals surface area contributed by atoms with Crippen LogP contribution in [0.15, 0.2) is 23.5 Å². The molecule has 0 aromatic rings. The maximum absolute atomic E-state index is 3.35. The van der Waals surface area contributed by atoms with Crippen LogP contribution in [0.4, 0.5) is 0 Å². The second-order valence-corrected chi connectivity index (χ2v) is 4.00. The molecule has 0 saturated carbocycles. The summed E-state index contributed by atoms with van der Waals surface area (Å²) in [4.78, 5) is 0. The topological polar surface area (TPSA) is 12.0 Å². The molecule has 0 unspecified atom stereocenters. The number of rotatable bonds is 2. The summed E-state index contributed by atoms with van der Waals surface area (Å²) in [5.41, 5.74) is 2.99. The van der Waals surface area contributed by atoms with Crippen molar-refractivity contribution in [3.05, 3.63) is 23.5 Å². The van der Waals surface area contributed by atoms with E-state index in [0.717, 1.165) is 6.42 Å². The number of dihydropyridines is 1. The zero-order valence-corrected chi connectivity index (χ0v) is 8.52. The molecular weight excluding hydrogens is 146 g/mol. The predicted octanol–water partition coefficient (Wildman–Crippen LogP) is 3.06. The van der Waals surface area contributed by atoms with E-state index in [2.05, 4.69) is 45.3 Å². The second kappa shape index (κ2) is 3.79. The first-order valence-corrected chi connectivity index (χ1v) is 4.77. The number of allylic oxidation sites excluding steroid dienone is 3. The molecule has 0 aromatic carbocycles. The van der Waals surface area contributed by atoms with E-state index in [1.165, 1.54) is 5.70 Å². The molecule has 1 aliphatic heterocycles. The lowest BCUT2D eigenvalue weighted by Gasteiger charge is -2.23. The molecule has 1 heteroatoms. The van der Waals surface area contributed by atoms with Crippen LogP contribution in [0.5, 0.6) is 0 Å². The van der Waals surface area contributed by atoms with Crippen molar-refractivity contribution < 1.29 is 0 Å². The summed E-state index contributed by atoms with van der Waals surface area (Å²) in [5, 5.41) is 3.35. The first-order chi connectivity index (χ1) is 5.63. The lowest BCUT2D eigenvalue weighted by atomic mass is 9.91. The third-order valence-corrected chi connectivity index (χ3v) is 2.31. The highest BCUT2D eigenvalue weighted by Crippen LogP contribution is 2.24. The van der Waals surface area contributed by atoms with Crippen molar-refractivity contribution in [2.24, 2.45) is 11.8 Å². The molecule has 0 radical (unpaired) electrons. The summed E-state index contributed by atoms with van der Waals surface area (Å²) in [7, 11) is 0. The van der Waals surface area contributed by atoms with Crippen LogP contribution >= 0.6 is 0 Å². The highest BCUT2D eigenvalue weighted by molar-refractivity contribution is 5.24. The predicted molar refractivity (Wildman–Crippen MR) is 53.6 cm³/mol. The van der Waals surface area contributed by atoms with Gasteiger partial charge in [-0.3, -0.25) is 0 Å². The van der Waals surface area contributed by atoms with Crippen LogP contribution < -0.4 is 5.32 Å². The third-order valence-electron chi connectivity index (χ3n) is 2.31. The Bertz CT molecular complexity index is 187. The van der Waals surface area contributed by atoms with Crippen LogP contribution in [0.25, 0.3) is 0 Å². The monoisotopic (exact) mass is 165 g/mol. The lowest BCUT2D eigenvalue weighted by molar-refractivity contribution is 0.630. The van der Waals surface area contributed by atoms with Crippen LogP contribution in [0.1, 0.15) is 34.1 Å². The Morgan fingerprint density at radius 2 is 1.83 bits per heavy atom. The van der Waals surface area contributed by atoms with Crippen molar-refractivity contribution in [1.82, 2.24) is 5.32 Å². The van der Waals surface area contributed by atoms with Crippen LogP contribution in [0.3, 0.4) is 0 Å². The molecule has 0 bridgehead atoms. The third kappa shape index (κ3) is 1.90. The van der Waals surface area contributed by atoms with Crippen molar-refractivity contribution in [3.8, 4) is 0 Å². The van der Waals surface area contributed by atoms with Gasteiger partial charge in [-0.15, -0.1) is 0 Å². The number of hydrogen-bond donors (Lipinski definition) is 1. The first kappa shape index (κ1) is 9.37. The van der Waals surface area contributed by atoms with Crippen molar-refractivity contribution >= 4 is 0 Å². The van der Waals surface area contributed by atoms with Crippen LogP contribution in [0, 0.1) is 11.8 Å². The van der Waals surface area contributed by atoms with Crippen molar-refractivity contribution in [1.29, 1.82) is 0 Å². The van der Waals surface area contributed by atoms with Crippen LogP contribution in [0.2, 0.25) is 0 Å². The normalized spacial score (nSPS) is 17.5. The average Bonchev–Trinajstić information content (AvgIpc) is 2.04. The summed E-state index contributed by atoms with van der Waals surface area (Å²) >= 11 is 0. The molecule has 0 saturated heterocycles. The van der Waals surface area contributed by atoms with Gasteiger partial charge in [0.2, 0.25) is 0 Å². The van der Waals surface area contributed by atoms with E-state index in [-0.39, 0.29) is 0 Å². The standard InChI is InChI=1S/C11H19N/c1-8(2)10-6-5-7-12-11(10)9(3)4/h5,7-9,12H,6H2,1-4H3. The Labute approximate surface area is 75.6 Å². The van der Waals surface area contributed by atoms with E-state index >= 15 is 0 Å². The lowest BCUT2D eigenvalue weighted by Crippen LogP contribution is -2.19. The van der Waals surface area contributed by atoms with Gasteiger partial charge < -0.3 is 5.32 Å². The zero-order valence-electron chi connectivity index (χ0n) is 8.52. The van der Waals surface area contributed by atoms with Gasteiger partial charge in [-0.2, -0.15) is 0 Å². The van der Waals surface area contributed by atoms with Crippen LogP contribution in [-0.4, -0.2) is 0 Å². The largest absolute Gasteiger partial charge is 0.365 e. The van der Waals surface area contributed by atoms with Crippen molar-refractivity contribution in [2.75, 3.05) is 0 Å². The summed E-state index contributed by atoms with van der Waals surface area (Å²) in [6, 6.07) is 0. The van der Waals surface area contributed by atoms with Crippen LogP contribution in [-0.2, 0) is 0 Å². The number of nitrogens with one attached hydrogen (secondary N) is 1. The smallest absolute Gasteiger partial charge is 0.0170 e. The maximum Gasteiger partial charge on any atom is 0.0170 e. The van der Waals surface area contributed by atoms with Gasteiger partial charge in [-0.25, -0.2) is 0 Å². The molecule has 0 aromatic heterocycles. The molecule has 0 aliphatic carbocycles. The van der Waals surface area contributed by atoms with Gasteiger partial charge in [0.1, 0.15) is 0 Å². The van der Waals surface area contributed by atoms with Gasteiger partial charge in [0.05, 0.1) is 0 Å². The minimum absolute atomic E-state index is 0.618. The molecule has 0 spiro atoms. The Hall–Kier alpha value is -0.720. The number of hydrogen-bond acceptors (Lipinski definition) is 1. The highest BCUT2D eigenvalue weighted by atomic mass is 14.9. The van der Waals surface area contributed by atoms with E-state index in [1.807, 2.05) is 0 Å². The summed E-state index contributed by atoms with van der Waals surface area (Å²) in [5.74, 6) is 1.28. The Kier molecular flexibility index (Phi) is 2.96. The molecule has 0 atom stereocenters. The van der Waals surface area contributed by atoms with E-state index in [9.17, 15) is 0 Å². The first-order valence-electron chi connectivity index (χ1n) is 4.77. The molecule has 0 fully saturated rings. The van der Waals surface area contributed by atoms with Gasteiger partial charge in [-0.05, 0) is 30.0 Å². The molecule has 68 valence electrons. The van der Waals surface area contributed by atoms with Gasteiger partial charge >= 0.3 is 0 Å². The summed E-state index contributed by atoms with van der Waals surface area (Å²) in [6.07, 6.45) is 5.38. The van der Waals surface area contributed by atoms with Gasteiger partial charge in [0, 0.05) is 5.70 Å². The summed E-state index contributed by atoms with van der Waals surface area (Å²) in [6.45, 7) is 9.00. The minimum atomic E-state index is 0.618. The van der Waals surface area contributed by atoms with Gasteiger partial charge in [-0.1, -0.05) is 33.8 Å². The molecule has 12 heavy (non-hydrogen) atoms.